The fourth-order valence-electron chi connectivity index (χ4n) is 3.51. The van der Waals surface area contributed by atoms with Crippen LogP contribution in [0.2, 0.25) is 0 Å². The number of carbonyl (C=O) groups is 1. The van der Waals surface area contributed by atoms with Crippen molar-refractivity contribution < 1.29 is 26.7 Å². The van der Waals surface area contributed by atoms with Crippen LogP contribution in [0.25, 0.3) is 0 Å². The van der Waals surface area contributed by atoms with Gasteiger partial charge in [-0.3, -0.25) is 9.78 Å². The van der Waals surface area contributed by atoms with Gasteiger partial charge in [0.05, 0.1) is 5.69 Å². The Balaban J connectivity index is 1.72. The summed E-state index contributed by atoms with van der Waals surface area (Å²) in [5.74, 6) is -3.07. The lowest BCUT2D eigenvalue weighted by molar-refractivity contribution is 0.101. The number of rotatable bonds is 3. The summed E-state index contributed by atoms with van der Waals surface area (Å²) in [6, 6.07) is 8.13. The van der Waals surface area contributed by atoms with Crippen molar-refractivity contribution in [2.24, 2.45) is 7.05 Å². The highest BCUT2D eigenvalue weighted by atomic mass is 32.2. The summed E-state index contributed by atoms with van der Waals surface area (Å²) in [5, 5.41) is 2.44. The molecule has 1 unspecified atom stereocenters. The lowest BCUT2D eigenvalue weighted by Gasteiger charge is -2.27. The van der Waals surface area contributed by atoms with E-state index in [2.05, 4.69) is 15.0 Å². The number of nitrogens with one attached hydrogen (secondary N) is 2. The van der Waals surface area contributed by atoms with E-state index >= 15 is 0 Å². The molecule has 1 aliphatic rings. The second-order valence-corrected chi connectivity index (χ2v) is 9.41. The fourth-order valence-corrected chi connectivity index (χ4v) is 5.07. The summed E-state index contributed by atoms with van der Waals surface area (Å²) in [5.41, 5.74) is -0.104. The van der Waals surface area contributed by atoms with Crippen LogP contribution < -0.4 is 14.8 Å². The molecule has 2 aromatic heterocycles. The monoisotopic (exact) mass is 462 g/mol. The average molecular weight is 462 g/mol. The number of benzene rings is 1. The lowest BCUT2D eigenvalue weighted by atomic mass is 9.99. The Bertz CT molecular complexity index is 1340. The van der Waals surface area contributed by atoms with Crippen molar-refractivity contribution >= 4 is 21.6 Å². The van der Waals surface area contributed by atoms with Crippen LogP contribution in [-0.2, 0) is 22.6 Å². The minimum atomic E-state index is -4.09. The third-order valence-electron chi connectivity index (χ3n) is 5.10. The highest BCUT2D eigenvalue weighted by Gasteiger charge is 2.42. The van der Waals surface area contributed by atoms with E-state index in [0.29, 0.717) is 11.4 Å². The fraction of sp³-hybridized carbons (Fsp3) is 0.238. The Labute approximate surface area is 183 Å². The van der Waals surface area contributed by atoms with Crippen molar-refractivity contribution in [3.05, 3.63) is 71.3 Å². The zero-order valence-corrected chi connectivity index (χ0v) is 18.3. The largest absolute Gasteiger partial charge is 0.487 e. The van der Waals surface area contributed by atoms with Crippen LogP contribution in [0.15, 0.2) is 47.5 Å². The second-order valence-electron chi connectivity index (χ2n) is 7.76. The molecule has 0 saturated carbocycles. The Morgan fingerprint density at radius 1 is 1.25 bits per heavy atom. The van der Waals surface area contributed by atoms with Crippen molar-refractivity contribution in [2.45, 2.75) is 24.3 Å². The van der Waals surface area contributed by atoms with E-state index in [0.717, 1.165) is 12.1 Å². The normalized spacial score (nSPS) is 19.5. The summed E-state index contributed by atoms with van der Waals surface area (Å²) in [6.45, 7) is 3.29. The van der Waals surface area contributed by atoms with Gasteiger partial charge in [-0.2, -0.15) is 4.72 Å². The van der Waals surface area contributed by atoms with Gasteiger partial charge in [-0.05, 0) is 38.1 Å². The number of nitrogens with zero attached hydrogens (tertiary/aromatic N) is 2. The molecule has 11 heteroatoms. The van der Waals surface area contributed by atoms with Gasteiger partial charge in [-0.15, -0.1) is 0 Å². The highest BCUT2D eigenvalue weighted by Crippen LogP contribution is 2.36. The van der Waals surface area contributed by atoms with Crippen LogP contribution in [0.4, 0.5) is 14.5 Å². The Kier molecular flexibility index (Phi) is 5.25. The first-order valence-corrected chi connectivity index (χ1v) is 11.1. The number of pyridine rings is 1. The first-order valence-electron chi connectivity index (χ1n) is 9.57. The van der Waals surface area contributed by atoms with E-state index < -0.39 is 33.1 Å². The Morgan fingerprint density at radius 3 is 2.69 bits per heavy atom. The average Bonchev–Trinajstić information content (AvgIpc) is 3.01. The van der Waals surface area contributed by atoms with E-state index in [9.17, 15) is 22.0 Å². The molecule has 1 atom stereocenters. The number of anilines is 1. The molecule has 0 saturated heterocycles. The number of sulfonamides is 1. The van der Waals surface area contributed by atoms with Crippen molar-refractivity contribution in [2.75, 3.05) is 11.9 Å². The highest BCUT2D eigenvalue weighted by molar-refractivity contribution is 7.89. The Morgan fingerprint density at radius 2 is 2.00 bits per heavy atom. The molecule has 0 spiro atoms. The van der Waals surface area contributed by atoms with Gasteiger partial charge in [0.25, 0.3) is 5.91 Å². The topological polar surface area (TPSA) is 102 Å². The number of carbonyl (C=O) groups excluding carboxylic acids is 1. The van der Waals surface area contributed by atoms with Crippen LogP contribution in [0.3, 0.4) is 0 Å². The molecule has 0 fully saturated rings. The summed E-state index contributed by atoms with van der Waals surface area (Å²) >= 11 is 0. The molecular formula is C21H20F2N4O4S. The molecule has 3 heterocycles. The van der Waals surface area contributed by atoms with E-state index in [1.807, 2.05) is 0 Å². The van der Waals surface area contributed by atoms with Gasteiger partial charge in [-0.25, -0.2) is 17.2 Å². The van der Waals surface area contributed by atoms with Gasteiger partial charge in [0.2, 0.25) is 10.0 Å². The predicted molar refractivity (Wildman–Crippen MR) is 112 cm³/mol. The number of ether oxygens (including phenoxy) is 1. The molecule has 1 aromatic carbocycles. The quantitative estimate of drug-likeness (QED) is 0.623. The minimum absolute atomic E-state index is 0.00672. The van der Waals surface area contributed by atoms with Gasteiger partial charge in [0, 0.05) is 30.7 Å². The third kappa shape index (κ3) is 3.84. The molecular weight excluding hydrogens is 442 g/mol. The van der Waals surface area contributed by atoms with Gasteiger partial charge < -0.3 is 14.6 Å². The molecule has 4 rings (SSSR count). The SMILES string of the molecule is Cc1cccc(C2(C)COc3c(cn(C)c3C(=O)Nc3ccc(F)c(F)c3)S(=O)(=O)N2)n1. The van der Waals surface area contributed by atoms with Crippen molar-refractivity contribution in [3.8, 4) is 5.75 Å². The number of aromatic nitrogens is 2. The minimum Gasteiger partial charge on any atom is -0.487 e. The molecule has 0 radical (unpaired) electrons. The molecule has 32 heavy (non-hydrogen) atoms. The number of fused-ring (bicyclic) bond motifs is 1. The summed E-state index contributed by atoms with van der Waals surface area (Å²) in [7, 11) is -2.61. The Hall–Kier alpha value is -3.31. The van der Waals surface area contributed by atoms with Crippen LogP contribution in [0.1, 0.15) is 28.8 Å². The molecule has 3 aromatic rings. The molecule has 2 N–H and O–H groups in total. The van der Waals surface area contributed by atoms with Crippen LogP contribution >= 0.6 is 0 Å². The standard InChI is InChI=1S/C21H20F2N4O4S/c1-12-5-4-6-17(24-12)21(2)11-31-19-16(32(29,30)26-21)10-27(3)18(19)20(28)25-13-7-8-14(22)15(23)9-13/h4-10,26H,11H2,1-3H3,(H,25,28). The van der Waals surface area contributed by atoms with Gasteiger partial charge in [0.1, 0.15) is 17.0 Å². The van der Waals surface area contributed by atoms with Crippen LogP contribution in [0, 0.1) is 18.6 Å². The summed E-state index contributed by atoms with van der Waals surface area (Å²) in [4.78, 5) is 17.1. The molecule has 0 bridgehead atoms. The summed E-state index contributed by atoms with van der Waals surface area (Å²) in [6.07, 6.45) is 1.26. The van der Waals surface area contributed by atoms with Crippen LogP contribution in [0.5, 0.6) is 5.75 Å². The maximum atomic E-state index is 13.5. The first-order chi connectivity index (χ1) is 15.0. The number of hydrogen-bond acceptors (Lipinski definition) is 5. The van der Waals surface area contributed by atoms with Crippen molar-refractivity contribution in [1.29, 1.82) is 0 Å². The van der Waals surface area contributed by atoms with E-state index in [-0.39, 0.29) is 28.6 Å². The number of hydrogen-bond donors (Lipinski definition) is 2. The number of halogens is 2. The molecule has 1 aliphatic heterocycles. The molecule has 8 nitrogen and oxygen atoms in total. The van der Waals surface area contributed by atoms with Gasteiger partial charge >= 0.3 is 0 Å². The second kappa shape index (κ2) is 7.68. The molecule has 0 aliphatic carbocycles. The predicted octanol–water partition coefficient (Wildman–Crippen LogP) is 2.85. The maximum absolute atomic E-state index is 13.5. The van der Waals surface area contributed by atoms with Crippen molar-refractivity contribution in [1.82, 2.24) is 14.3 Å². The van der Waals surface area contributed by atoms with Gasteiger partial charge in [-0.1, -0.05) is 6.07 Å². The maximum Gasteiger partial charge on any atom is 0.276 e. The number of amides is 1. The zero-order chi connectivity index (χ0) is 23.3. The smallest absolute Gasteiger partial charge is 0.276 e. The molecule has 168 valence electrons. The molecule has 1 amide bonds. The van der Waals surface area contributed by atoms with E-state index in [4.69, 9.17) is 4.74 Å². The van der Waals surface area contributed by atoms with E-state index in [1.165, 1.54) is 23.9 Å². The van der Waals surface area contributed by atoms with Crippen molar-refractivity contribution in [3.63, 3.8) is 0 Å². The first kappa shape index (κ1) is 21.9. The van der Waals surface area contributed by atoms with E-state index in [1.54, 1.807) is 32.0 Å². The zero-order valence-electron chi connectivity index (χ0n) is 17.4. The lowest BCUT2D eigenvalue weighted by Crippen LogP contribution is -2.46. The third-order valence-corrected chi connectivity index (χ3v) is 6.69. The van der Waals surface area contributed by atoms with Crippen LogP contribution in [-0.4, -0.2) is 30.5 Å². The summed E-state index contributed by atoms with van der Waals surface area (Å²) < 4.78 is 62.7. The number of aryl methyl sites for hydroxylation is 2. The van der Waals surface area contributed by atoms with Gasteiger partial charge in [0.15, 0.2) is 23.1 Å².